The Kier molecular flexibility index (Phi) is 5.36. The first kappa shape index (κ1) is 18.1. The largest absolute Gasteiger partial charge is 0.573 e. The van der Waals surface area contributed by atoms with Crippen molar-refractivity contribution in [2.24, 2.45) is 11.8 Å². The van der Waals surface area contributed by atoms with Gasteiger partial charge in [0.2, 0.25) is 5.91 Å². The van der Waals surface area contributed by atoms with Crippen LogP contribution in [0.2, 0.25) is 0 Å². The Morgan fingerprint density at radius 1 is 1.29 bits per heavy atom. The molecule has 8 heteroatoms. The predicted molar refractivity (Wildman–Crippen MR) is 78.3 cm³/mol. The molecule has 1 aliphatic heterocycles. The van der Waals surface area contributed by atoms with Gasteiger partial charge in [0.1, 0.15) is 5.75 Å². The van der Waals surface area contributed by atoms with Crippen molar-refractivity contribution in [2.45, 2.75) is 26.1 Å². The smallest absolute Gasteiger partial charge is 0.481 e. The molecule has 0 spiro atoms. The maximum atomic E-state index is 12.3. The first-order valence-corrected chi connectivity index (χ1v) is 7.51. The molecule has 0 aromatic heterocycles. The zero-order valence-corrected chi connectivity index (χ0v) is 13.0. The van der Waals surface area contributed by atoms with Crippen LogP contribution in [-0.2, 0) is 16.0 Å². The Hall–Kier alpha value is -2.25. The van der Waals surface area contributed by atoms with Crippen LogP contribution >= 0.6 is 0 Å². The molecule has 0 aliphatic carbocycles. The summed E-state index contributed by atoms with van der Waals surface area (Å²) in [6.45, 7) is 2.53. The van der Waals surface area contributed by atoms with E-state index in [1.165, 1.54) is 12.1 Å². The molecular weight excluding hydrogens is 327 g/mol. The van der Waals surface area contributed by atoms with E-state index in [-0.39, 0.29) is 24.0 Å². The summed E-state index contributed by atoms with van der Waals surface area (Å²) in [6, 6.07) is 5.14. The second kappa shape index (κ2) is 7.11. The molecule has 1 N–H and O–H groups in total. The fourth-order valence-electron chi connectivity index (χ4n) is 2.83. The van der Waals surface area contributed by atoms with Gasteiger partial charge in [0.25, 0.3) is 0 Å². The molecule has 2 rings (SSSR count). The third-order valence-corrected chi connectivity index (χ3v) is 4.09. The van der Waals surface area contributed by atoms with Crippen molar-refractivity contribution < 1.29 is 32.6 Å². The number of rotatable bonds is 4. The number of carboxylic acid groups (broad SMARTS) is 1. The van der Waals surface area contributed by atoms with E-state index in [9.17, 15) is 22.8 Å². The van der Waals surface area contributed by atoms with Crippen molar-refractivity contribution in [2.75, 3.05) is 13.1 Å². The maximum Gasteiger partial charge on any atom is 0.573 e. The number of ether oxygens (including phenoxy) is 1. The molecule has 1 saturated heterocycles. The topological polar surface area (TPSA) is 66.8 Å². The van der Waals surface area contributed by atoms with Crippen LogP contribution in [0.3, 0.4) is 0 Å². The highest BCUT2D eigenvalue weighted by molar-refractivity contribution is 5.79. The molecule has 0 saturated carbocycles. The number of likely N-dealkylation sites (tertiary alicyclic amines) is 1. The average Bonchev–Trinajstić information content (AvgIpc) is 2.47. The summed E-state index contributed by atoms with van der Waals surface area (Å²) in [4.78, 5) is 24.9. The standard InChI is InChI=1S/C16H18F3NO4/c1-10-9-20(7-6-13(10)15(22)23)14(21)8-11-2-4-12(5-3-11)24-16(17,18)19/h2-5,10,13H,6-9H2,1H3,(H,22,23). The zero-order valence-electron chi connectivity index (χ0n) is 13.0. The molecule has 1 aliphatic rings. The number of nitrogens with zero attached hydrogens (tertiary/aromatic N) is 1. The number of halogens is 3. The van der Waals surface area contributed by atoms with Crippen molar-refractivity contribution in [3.05, 3.63) is 29.8 Å². The molecule has 1 aromatic carbocycles. The predicted octanol–water partition coefficient (Wildman–Crippen LogP) is 2.70. The van der Waals surface area contributed by atoms with Gasteiger partial charge in [-0.1, -0.05) is 19.1 Å². The second-order valence-corrected chi connectivity index (χ2v) is 5.92. The van der Waals surface area contributed by atoms with Gasteiger partial charge < -0.3 is 14.7 Å². The molecule has 0 bridgehead atoms. The third kappa shape index (κ3) is 4.87. The van der Waals surface area contributed by atoms with E-state index in [1.54, 1.807) is 11.8 Å². The molecule has 0 radical (unpaired) electrons. The van der Waals surface area contributed by atoms with Gasteiger partial charge in [0.05, 0.1) is 12.3 Å². The molecular formula is C16H18F3NO4. The van der Waals surface area contributed by atoms with Crippen LogP contribution in [0.1, 0.15) is 18.9 Å². The molecule has 2 unspecified atom stereocenters. The summed E-state index contributed by atoms with van der Waals surface area (Å²) in [7, 11) is 0. The average molecular weight is 345 g/mol. The number of hydrogen-bond acceptors (Lipinski definition) is 3. The van der Waals surface area contributed by atoms with Crippen LogP contribution in [0.25, 0.3) is 0 Å². The van der Waals surface area contributed by atoms with Gasteiger partial charge in [-0.15, -0.1) is 13.2 Å². The third-order valence-electron chi connectivity index (χ3n) is 4.09. The monoisotopic (exact) mass is 345 g/mol. The normalized spacial score (nSPS) is 21.4. The Bertz CT molecular complexity index is 600. The number of alkyl halides is 3. The van der Waals surface area contributed by atoms with Crippen LogP contribution in [0.15, 0.2) is 24.3 Å². The minimum absolute atomic E-state index is 0.0523. The molecule has 1 aromatic rings. The summed E-state index contributed by atoms with van der Waals surface area (Å²) in [5, 5.41) is 9.08. The number of aliphatic carboxylic acids is 1. The Morgan fingerprint density at radius 2 is 1.92 bits per heavy atom. The molecule has 1 amide bonds. The van der Waals surface area contributed by atoms with Gasteiger partial charge in [-0.3, -0.25) is 9.59 Å². The molecule has 1 heterocycles. The first-order chi connectivity index (χ1) is 11.2. The van der Waals surface area contributed by atoms with E-state index in [4.69, 9.17) is 5.11 Å². The van der Waals surface area contributed by atoms with E-state index in [0.717, 1.165) is 12.1 Å². The van der Waals surface area contributed by atoms with E-state index in [2.05, 4.69) is 4.74 Å². The summed E-state index contributed by atoms with van der Waals surface area (Å²) in [6.07, 6.45) is -4.29. The Labute approximate surface area is 137 Å². The van der Waals surface area contributed by atoms with Crippen LogP contribution in [0.4, 0.5) is 13.2 Å². The number of hydrogen-bond donors (Lipinski definition) is 1. The summed E-state index contributed by atoms with van der Waals surface area (Å²) in [5.41, 5.74) is 0.572. The second-order valence-electron chi connectivity index (χ2n) is 5.92. The lowest BCUT2D eigenvalue weighted by molar-refractivity contribution is -0.274. The van der Waals surface area contributed by atoms with E-state index in [0.29, 0.717) is 25.1 Å². The van der Waals surface area contributed by atoms with Crippen LogP contribution in [0.5, 0.6) is 5.75 Å². The van der Waals surface area contributed by atoms with Crippen LogP contribution in [-0.4, -0.2) is 41.3 Å². The molecule has 24 heavy (non-hydrogen) atoms. The fourth-order valence-corrected chi connectivity index (χ4v) is 2.83. The maximum absolute atomic E-state index is 12.3. The number of carboxylic acids is 1. The Balaban J connectivity index is 1.92. The summed E-state index contributed by atoms with van der Waals surface area (Å²) in [5.74, 6) is -1.95. The molecule has 5 nitrogen and oxygen atoms in total. The van der Waals surface area contributed by atoms with Crippen LogP contribution < -0.4 is 4.74 Å². The van der Waals surface area contributed by atoms with Gasteiger partial charge in [0.15, 0.2) is 0 Å². The first-order valence-electron chi connectivity index (χ1n) is 7.51. The van der Waals surface area contributed by atoms with Gasteiger partial charge in [-0.25, -0.2) is 0 Å². The number of carbonyl (C=O) groups excluding carboxylic acids is 1. The van der Waals surface area contributed by atoms with E-state index >= 15 is 0 Å². The number of piperidine rings is 1. The Morgan fingerprint density at radius 3 is 2.42 bits per heavy atom. The van der Waals surface area contributed by atoms with Gasteiger partial charge >= 0.3 is 12.3 Å². The lowest BCUT2D eigenvalue weighted by Crippen LogP contribution is -2.45. The highest BCUT2D eigenvalue weighted by atomic mass is 19.4. The van der Waals surface area contributed by atoms with Crippen molar-refractivity contribution in [3.63, 3.8) is 0 Å². The highest BCUT2D eigenvalue weighted by Crippen LogP contribution is 2.25. The minimum Gasteiger partial charge on any atom is -0.481 e. The number of benzene rings is 1. The minimum atomic E-state index is -4.75. The van der Waals surface area contributed by atoms with Crippen molar-refractivity contribution in [1.29, 1.82) is 0 Å². The number of carbonyl (C=O) groups is 2. The quantitative estimate of drug-likeness (QED) is 0.911. The van der Waals surface area contributed by atoms with Crippen LogP contribution in [0, 0.1) is 11.8 Å². The van der Waals surface area contributed by atoms with Crippen molar-refractivity contribution in [3.8, 4) is 5.75 Å². The number of amides is 1. The van der Waals surface area contributed by atoms with Gasteiger partial charge in [-0.2, -0.15) is 0 Å². The van der Waals surface area contributed by atoms with Crippen molar-refractivity contribution in [1.82, 2.24) is 4.90 Å². The summed E-state index contributed by atoms with van der Waals surface area (Å²) >= 11 is 0. The van der Waals surface area contributed by atoms with Gasteiger partial charge in [-0.05, 0) is 30.0 Å². The lowest BCUT2D eigenvalue weighted by Gasteiger charge is -2.35. The van der Waals surface area contributed by atoms with Crippen molar-refractivity contribution >= 4 is 11.9 Å². The summed E-state index contributed by atoms with van der Waals surface area (Å²) < 4.78 is 40.1. The molecule has 2 atom stereocenters. The van der Waals surface area contributed by atoms with E-state index < -0.39 is 18.2 Å². The highest BCUT2D eigenvalue weighted by Gasteiger charge is 2.33. The fraction of sp³-hybridized carbons (Fsp3) is 0.500. The SMILES string of the molecule is CC1CN(C(=O)Cc2ccc(OC(F)(F)F)cc2)CCC1C(=O)O. The lowest BCUT2D eigenvalue weighted by atomic mass is 9.87. The van der Waals surface area contributed by atoms with E-state index in [1.807, 2.05) is 0 Å². The zero-order chi connectivity index (χ0) is 17.9. The van der Waals surface area contributed by atoms with Gasteiger partial charge in [0, 0.05) is 13.1 Å². The molecule has 1 fully saturated rings. The molecule has 132 valence electrons.